The third-order valence-corrected chi connectivity index (χ3v) is 4.14. The molecule has 130 valence electrons. The van der Waals surface area contributed by atoms with Gasteiger partial charge in [-0.25, -0.2) is 0 Å². The molecule has 0 aliphatic carbocycles. The molecule has 1 N–H and O–H groups in total. The second-order valence-corrected chi connectivity index (χ2v) is 6.12. The SMILES string of the molecule is COc1ccc(Cc2nnc3ccc(Nc4cccc(C)c4)nn23)cc1. The van der Waals surface area contributed by atoms with Crippen LogP contribution in [0, 0.1) is 6.92 Å². The molecule has 0 saturated heterocycles. The van der Waals surface area contributed by atoms with Crippen LogP contribution in [0.25, 0.3) is 5.65 Å². The minimum atomic E-state index is 0.645. The Kier molecular flexibility index (Phi) is 4.23. The molecule has 0 unspecified atom stereocenters. The lowest BCUT2D eigenvalue weighted by Gasteiger charge is -2.07. The highest BCUT2D eigenvalue weighted by Crippen LogP contribution is 2.18. The van der Waals surface area contributed by atoms with Gasteiger partial charge in [0.2, 0.25) is 0 Å². The summed E-state index contributed by atoms with van der Waals surface area (Å²) in [6.07, 6.45) is 0.645. The van der Waals surface area contributed by atoms with Crippen molar-refractivity contribution in [3.8, 4) is 5.75 Å². The highest BCUT2D eigenvalue weighted by atomic mass is 16.5. The van der Waals surface area contributed by atoms with Gasteiger partial charge in [-0.2, -0.15) is 4.52 Å². The lowest BCUT2D eigenvalue weighted by atomic mass is 10.1. The molecule has 0 saturated carbocycles. The number of methoxy groups -OCH3 is 1. The molecule has 4 rings (SSSR count). The lowest BCUT2D eigenvalue weighted by Crippen LogP contribution is -2.03. The first-order valence-corrected chi connectivity index (χ1v) is 8.39. The number of nitrogens with one attached hydrogen (secondary N) is 1. The van der Waals surface area contributed by atoms with Crippen LogP contribution in [-0.2, 0) is 6.42 Å². The Morgan fingerprint density at radius 3 is 2.62 bits per heavy atom. The first-order valence-electron chi connectivity index (χ1n) is 8.39. The monoisotopic (exact) mass is 345 g/mol. The Bertz CT molecular complexity index is 1040. The zero-order valence-corrected chi connectivity index (χ0v) is 14.7. The molecule has 6 heteroatoms. The van der Waals surface area contributed by atoms with Gasteiger partial charge in [0.05, 0.1) is 7.11 Å². The molecule has 0 spiro atoms. The van der Waals surface area contributed by atoms with Crippen molar-refractivity contribution in [2.24, 2.45) is 0 Å². The van der Waals surface area contributed by atoms with Crippen molar-refractivity contribution in [1.29, 1.82) is 0 Å². The smallest absolute Gasteiger partial charge is 0.178 e. The summed E-state index contributed by atoms with van der Waals surface area (Å²) in [7, 11) is 1.66. The highest BCUT2D eigenvalue weighted by molar-refractivity contribution is 5.58. The molecule has 2 aromatic carbocycles. The van der Waals surface area contributed by atoms with Gasteiger partial charge in [0, 0.05) is 12.1 Å². The van der Waals surface area contributed by atoms with Crippen molar-refractivity contribution in [3.05, 3.63) is 77.6 Å². The summed E-state index contributed by atoms with van der Waals surface area (Å²) in [6, 6.07) is 19.9. The summed E-state index contributed by atoms with van der Waals surface area (Å²) in [6.45, 7) is 2.06. The van der Waals surface area contributed by atoms with Crippen molar-refractivity contribution >= 4 is 17.2 Å². The van der Waals surface area contributed by atoms with E-state index in [0.29, 0.717) is 6.42 Å². The van der Waals surface area contributed by atoms with E-state index in [4.69, 9.17) is 4.74 Å². The number of benzene rings is 2. The van der Waals surface area contributed by atoms with Crippen LogP contribution in [0.3, 0.4) is 0 Å². The Morgan fingerprint density at radius 1 is 1.00 bits per heavy atom. The average molecular weight is 345 g/mol. The number of hydrogen-bond donors (Lipinski definition) is 1. The maximum absolute atomic E-state index is 5.20. The van der Waals surface area contributed by atoms with Gasteiger partial charge in [-0.05, 0) is 54.4 Å². The van der Waals surface area contributed by atoms with Crippen LogP contribution in [0.15, 0.2) is 60.7 Å². The topological polar surface area (TPSA) is 64.3 Å². The van der Waals surface area contributed by atoms with E-state index in [1.54, 1.807) is 11.6 Å². The van der Waals surface area contributed by atoms with Gasteiger partial charge in [-0.3, -0.25) is 0 Å². The summed E-state index contributed by atoms with van der Waals surface area (Å²) in [5.41, 5.74) is 4.05. The van der Waals surface area contributed by atoms with E-state index in [1.165, 1.54) is 5.56 Å². The number of aromatic nitrogens is 4. The molecule has 0 radical (unpaired) electrons. The van der Waals surface area contributed by atoms with Gasteiger partial charge in [0.25, 0.3) is 0 Å². The maximum atomic E-state index is 5.20. The van der Waals surface area contributed by atoms with E-state index in [2.05, 4.69) is 39.7 Å². The van der Waals surface area contributed by atoms with Crippen LogP contribution in [0.5, 0.6) is 5.75 Å². The minimum Gasteiger partial charge on any atom is -0.497 e. The molecule has 6 nitrogen and oxygen atoms in total. The van der Waals surface area contributed by atoms with Gasteiger partial charge < -0.3 is 10.1 Å². The molecular formula is C20H19N5O. The molecule has 0 bridgehead atoms. The van der Waals surface area contributed by atoms with Gasteiger partial charge >= 0.3 is 0 Å². The van der Waals surface area contributed by atoms with Crippen molar-refractivity contribution in [2.45, 2.75) is 13.3 Å². The molecule has 0 aliphatic rings. The van der Waals surface area contributed by atoms with Crippen LogP contribution in [-0.4, -0.2) is 26.9 Å². The number of fused-ring (bicyclic) bond motifs is 1. The number of anilines is 2. The van der Waals surface area contributed by atoms with Crippen LogP contribution in [0.4, 0.5) is 11.5 Å². The first kappa shape index (κ1) is 16.1. The maximum Gasteiger partial charge on any atom is 0.178 e. The number of aryl methyl sites for hydroxylation is 1. The normalized spacial score (nSPS) is 10.8. The zero-order chi connectivity index (χ0) is 17.9. The molecule has 2 aromatic heterocycles. The highest BCUT2D eigenvalue weighted by Gasteiger charge is 2.09. The van der Waals surface area contributed by atoms with Crippen molar-refractivity contribution < 1.29 is 4.74 Å². The van der Waals surface area contributed by atoms with Crippen LogP contribution in [0.1, 0.15) is 17.0 Å². The van der Waals surface area contributed by atoms with Crippen LogP contribution >= 0.6 is 0 Å². The van der Waals surface area contributed by atoms with E-state index in [9.17, 15) is 0 Å². The molecule has 0 amide bonds. The van der Waals surface area contributed by atoms with Gasteiger partial charge in [-0.15, -0.1) is 15.3 Å². The second-order valence-electron chi connectivity index (χ2n) is 6.12. The Balaban J connectivity index is 1.61. The van der Waals surface area contributed by atoms with Gasteiger partial charge in [-0.1, -0.05) is 24.3 Å². The molecule has 26 heavy (non-hydrogen) atoms. The van der Waals surface area contributed by atoms with E-state index in [1.807, 2.05) is 48.5 Å². The fourth-order valence-corrected chi connectivity index (χ4v) is 2.81. The van der Waals surface area contributed by atoms with Crippen molar-refractivity contribution in [2.75, 3.05) is 12.4 Å². The first-order chi connectivity index (χ1) is 12.7. The predicted octanol–water partition coefficient (Wildman–Crippen LogP) is 3.78. The molecule has 0 aliphatic heterocycles. The van der Waals surface area contributed by atoms with Crippen LogP contribution < -0.4 is 10.1 Å². The summed E-state index contributed by atoms with van der Waals surface area (Å²) in [5, 5.41) is 16.5. The third kappa shape index (κ3) is 3.35. The summed E-state index contributed by atoms with van der Waals surface area (Å²) in [4.78, 5) is 0. The quantitative estimate of drug-likeness (QED) is 0.596. The summed E-state index contributed by atoms with van der Waals surface area (Å²) >= 11 is 0. The summed E-state index contributed by atoms with van der Waals surface area (Å²) in [5.74, 6) is 2.37. The van der Waals surface area contributed by atoms with Gasteiger partial charge in [0.1, 0.15) is 5.75 Å². The van der Waals surface area contributed by atoms with Crippen LogP contribution in [0.2, 0.25) is 0 Å². The van der Waals surface area contributed by atoms with Crippen molar-refractivity contribution in [1.82, 2.24) is 19.8 Å². The molecule has 4 aromatic rings. The molecule has 0 atom stereocenters. The van der Waals surface area contributed by atoms with E-state index < -0.39 is 0 Å². The van der Waals surface area contributed by atoms with E-state index in [-0.39, 0.29) is 0 Å². The Hall–Kier alpha value is -3.41. The second kappa shape index (κ2) is 6.84. The fourth-order valence-electron chi connectivity index (χ4n) is 2.81. The Morgan fingerprint density at radius 2 is 1.85 bits per heavy atom. The minimum absolute atomic E-state index is 0.645. The largest absolute Gasteiger partial charge is 0.497 e. The predicted molar refractivity (Wildman–Crippen MR) is 101 cm³/mol. The van der Waals surface area contributed by atoms with Gasteiger partial charge in [0.15, 0.2) is 17.3 Å². The molecule has 0 fully saturated rings. The lowest BCUT2D eigenvalue weighted by molar-refractivity contribution is 0.414. The third-order valence-electron chi connectivity index (χ3n) is 4.14. The average Bonchev–Trinajstić information content (AvgIpc) is 3.05. The molecule has 2 heterocycles. The number of rotatable bonds is 5. The van der Waals surface area contributed by atoms with E-state index in [0.717, 1.165) is 34.3 Å². The standard InChI is InChI=1S/C20H19N5O/c1-14-4-3-5-16(12-14)21-18-10-11-19-22-23-20(25(19)24-18)13-15-6-8-17(26-2)9-7-15/h3-12H,13H2,1-2H3,(H,21,24). The van der Waals surface area contributed by atoms with E-state index >= 15 is 0 Å². The fraction of sp³-hybridized carbons (Fsp3) is 0.150. The summed E-state index contributed by atoms with van der Waals surface area (Å²) < 4.78 is 6.98. The number of nitrogens with zero attached hydrogens (tertiary/aromatic N) is 4. The Labute approximate surface area is 151 Å². The molecular weight excluding hydrogens is 326 g/mol. The zero-order valence-electron chi connectivity index (χ0n) is 14.7. The van der Waals surface area contributed by atoms with Crippen molar-refractivity contribution in [3.63, 3.8) is 0 Å². The number of ether oxygens (including phenoxy) is 1. The number of hydrogen-bond acceptors (Lipinski definition) is 5.